The summed E-state index contributed by atoms with van der Waals surface area (Å²) in [4.78, 5) is 17.5. The summed E-state index contributed by atoms with van der Waals surface area (Å²) in [6, 6.07) is 3.41. The summed E-state index contributed by atoms with van der Waals surface area (Å²) in [6.07, 6.45) is 4.65. The van der Waals surface area contributed by atoms with Crippen LogP contribution in [0.3, 0.4) is 0 Å². The van der Waals surface area contributed by atoms with E-state index in [-0.39, 0.29) is 6.03 Å². The minimum absolute atomic E-state index is 0.125. The summed E-state index contributed by atoms with van der Waals surface area (Å²) in [6.45, 7) is 2.82. The van der Waals surface area contributed by atoms with Crippen LogP contribution in [-0.4, -0.2) is 43.2 Å². The van der Waals surface area contributed by atoms with Crippen molar-refractivity contribution in [2.75, 3.05) is 31.9 Å². The van der Waals surface area contributed by atoms with Gasteiger partial charge in [0.1, 0.15) is 0 Å². The highest BCUT2D eigenvalue weighted by Gasteiger charge is 2.11. The number of urea groups is 1. The molecular weight excluding hydrogens is 262 g/mol. The van der Waals surface area contributed by atoms with Gasteiger partial charge in [0.25, 0.3) is 0 Å². The zero-order valence-corrected chi connectivity index (χ0v) is 12.7. The van der Waals surface area contributed by atoms with E-state index in [9.17, 15) is 4.79 Å². The van der Waals surface area contributed by atoms with Gasteiger partial charge in [-0.05, 0) is 18.7 Å². The van der Waals surface area contributed by atoms with Gasteiger partial charge in [0.15, 0.2) is 0 Å². The Balaban J connectivity index is 2.47. The van der Waals surface area contributed by atoms with Gasteiger partial charge in [-0.3, -0.25) is 4.90 Å². The molecule has 0 saturated carbocycles. The van der Waals surface area contributed by atoms with Crippen LogP contribution in [0.25, 0.3) is 0 Å². The van der Waals surface area contributed by atoms with Crippen molar-refractivity contribution in [2.45, 2.75) is 18.6 Å². The molecule has 0 aliphatic carbocycles. The van der Waals surface area contributed by atoms with Gasteiger partial charge in [-0.2, -0.15) is 11.8 Å². The third-order valence-electron chi connectivity index (χ3n) is 2.85. The highest BCUT2D eigenvalue weighted by atomic mass is 32.2. The number of methoxy groups -OCH3 is 1. The van der Waals surface area contributed by atoms with Crippen LogP contribution in [-0.2, 0) is 0 Å². The SMILES string of the molecule is COc1ccc(N(C)C(=O)NCC[C@@H](C)SC)cn1. The number of amides is 2. The van der Waals surface area contributed by atoms with Gasteiger partial charge in [-0.1, -0.05) is 6.92 Å². The molecule has 1 aromatic heterocycles. The van der Waals surface area contributed by atoms with Crippen molar-refractivity contribution in [3.8, 4) is 5.88 Å². The predicted molar refractivity (Wildman–Crippen MR) is 80.2 cm³/mol. The van der Waals surface area contributed by atoms with E-state index in [1.807, 2.05) is 0 Å². The highest BCUT2D eigenvalue weighted by Crippen LogP contribution is 2.15. The standard InChI is InChI=1S/C13H21N3O2S/c1-10(19-4)7-8-14-13(17)16(2)11-5-6-12(18-3)15-9-11/h5-6,9-10H,7-8H2,1-4H3,(H,14,17)/t10-/m1/s1. The van der Waals surface area contributed by atoms with Crippen LogP contribution in [0.5, 0.6) is 5.88 Å². The van der Waals surface area contributed by atoms with E-state index in [0.717, 1.165) is 12.1 Å². The number of aromatic nitrogens is 1. The van der Waals surface area contributed by atoms with Crippen molar-refractivity contribution in [1.29, 1.82) is 0 Å². The lowest BCUT2D eigenvalue weighted by molar-refractivity contribution is 0.247. The van der Waals surface area contributed by atoms with Gasteiger partial charge in [0.05, 0.1) is 19.0 Å². The molecule has 0 radical (unpaired) electrons. The van der Waals surface area contributed by atoms with Crippen LogP contribution >= 0.6 is 11.8 Å². The maximum atomic E-state index is 11.9. The molecule has 6 heteroatoms. The quantitative estimate of drug-likeness (QED) is 0.871. The Morgan fingerprint density at radius 2 is 2.32 bits per heavy atom. The molecule has 1 N–H and O–H groups in total. The number of nitrogens with one attached hydrogen (secondary N) is 1. The van der Waals surface area contributed by atoms with Crippen LogP contribution in [0.2, 0.25) is 0 Å². The van der Waals surface area contributed by atoms with Crippen molar-refractivity contribution >= 4 is 23.5 Å². The second-order valence-electron chi connectivity index (χ2n) is 4.18. The summed E-state index contributed by atoms with van der Waals surface area (Å²) >= 11 is 1.80. The monoisotopic (exact) mass is 283 g/mol. The maximum Gasteiger partial charge on any atom is 0.321 e. The van der Waals surface area contributed by atoms with Crippen molar-refractivity contribution in [3.05, 3.63) is 18.3 Å². The molecule has 106 valence electrons. The summed E-state index contributed by atoms with van der Waals surface area (Å²) in [5.41, 5.74) is 0.733. The van der Waals surface area contributed by atoms with Crippen molar-refractivity contribution in [2.24, 2.45) is 0 Å². The fourth-order valence-corrected chi connectivity index (χ4v) is 1.78. The van der Waals surface area contributed by atoms with Crippen molar-refractivity contribution in [3.63, 3.8) is 0 Å². The number of ether oxygens (including phenoxy) is 1. The molecule has 0 fully saturated rings. The topological polar surface area (TPSA) is 54.5 Å². The van der Waals surface area contributed by atoms with Crippen LogP contribution in [0.4, 0.5) is 10.5 Å². The van der Waals surface area contributed by atoms with Gasteiger partial charge < -0.3 is 10.1 Å². The molecule has 0 aliphatic rings. The number of thioether (sulfide) groups is 1. The van der Waals surface area contributed by atoms with Gasteiger partial charge in [0, 0.05) is 24.9 Å². The fourth-order valence-electron chi connectivity index (χ4n) is 1.43. The van der Waals surface area contributed by atoms with Gasteiger partial charge in [0.2, 0.25) is 5.88 Å². The molecular formula is C13H21N3O2S. The van der Waals surface area contributed by atoms with Crippen LogP contribution in [0, 0.1) is 0 Å². The molecule has 19 heavy (non-hydrogen) atoms. The first-order valence-corrected chi connectivity index (χ1v) is 7.41. The number of carbonyl (C=O) groups excluding carboxylic acids is 1. The second kappa shape index (κ2) is 7.89. The van der Waals surface area contributed by atoms with Crippen LogP contribution in [0.1, 0.15) is 13.3 Å². The fraction of sp³-hybridized carbons (Fsp3) is 0.538. The zero-order valence-electron chi connectivity index (χ0n) is 11.8. The van der Waals surface area contributed by atoms with Gasteiger partial charge >= 0.3 is 6.03 Å². The molecule has 0 saturated heterocycles. The Morgan fingerprint density at radius 1 is 1.58 bits per heavy atom. The summed E-state index contributed by atoms with van der Waals surface area (Å²) in [7, 11) is 3.28. The Bertz CT molecular complexity index is 397. The first-order valence-electron chi connectivity index (χ1n) is 6.13. The molecule has 0 spiro atoms. The number of rotatable bonds is 6. The molecule has 0 bridgehead atoms. The third kappa shape index (κ3) is 4.98. The molecule has 1 aromatic rings. The molecule has 0 unspecified atom stereocenters. The Hall–Kier alpha value is -1.43. The summed E-state index contributed by atoms with van der Waals surface area (Å²) in [5.74, 6) is 0.534. The van der Waals surface area contributed by atoms with Crippen molar-refractivity contribution < 1.29 is 9.53 Å². The van der Waals surface area contributed by atoms with Gasteiger partial charge in [-0.15, -0.1) is 0 Å². The number of hydrogen-bond acceptors (Lipinski definition) is 4. The van der Waals surface area contributed by atoms with E-state index in [4.69, 9.17) is 4.74 Å². The highest BCUT2D eigenvalue weighted by molar-refractivity contribution is 7.99. The van der Waals surface area contributed by atoms with E-state index < -0.39 is 0 Å². The lowest BCUT2D eigenvalue weighted by Gasteiger charge is -2.18. The third-order valence-corrected chi connectivity index (χ3v) is 3.89. The Labute approximate surface area is 118 Å². The molecule has 5 nitrogen and oxygen atoms in total. The van der Waals surface area contributed by atoms with Gasteiger partial charge in [-0.25, -0.2) is 9.78 Å². The molecule has 0 aliphatic heterocycles. The van der Waals surface area contributed by atoms with Crippen molar-refractivity contribution in [1.82, 2.24) is 10.3 Å². The van der Waals surface area contributed by atoms with E-state index >= 15 is 0 Å². The largest absolute Gasteiger partial charge is 0.481 e. The first kappa shape index (κ1) is 15.6. The van der Waals surface area contributed by atoms with Crippen LogP contribution < -0.4 is 15.0 Å². The summed E-state index contributed by atoms with van der Waals surface area (Å²) in [5, 5.41) is 3.44. The summed E-state index contributed by atoms with van der Waals surface area (Å²) < 4.78 is 4.98. The lowest BCUT2D eigenvalue weighted by Crippen LogP contribution is -2.38. The number of anilines is 1. The number of carbonyl (C=O) groups is 1. The number of hydrogen-bond donors (Lipinski definition) is 1. The minimum Gasteiger partial charge on any atom is -0.481 e. The average molecular weight is 283 g/mol. The number of pyridine rings is 1. The van der Waals surface area contributed by atoms with E-state index in [0.29, 0.717) is 17.7 Å². The normalized spacial score (nSPS) is 11.8. The van der Waals surface area contributed by atoms with E-state index in [1.165, 1.54) is 4.90 Å². The lowest BCUT2D eigenvalue weighted by atomic mass is 10.3. The Kier molecular flexibility index (Phi) is 6.49. The first-order chi connectivity index (χ1) is 9.08. The van der Waals surface area contributed by atoms with E-state index in [1.54, 1.807) is 44.2 Å². The Morgan fingerprint density at radius 3 is 2.84 bits per heavy atom. The molecule has 2 amide bonds. The molecule has 1 heterocycles. The van der Waals surface area contributed by atoms with Crippen LogP contribution in [0.15, 0.2) is 18.3 Å². The predicted octanol–water partition coefficient (Wildman–Crippen LogP) is 2.38. The molecule has 1 rings (SSSR count). The molecule has 0 aromatic carbocycles. The van der Waals surface area contributed by atoms with E-state index in [2.05, 4.69) is 23.5 Å². The molecule has 1 atom stereocenters. The smallest absolute Gasteiger partial charge is 0.321 e. The number of nitrogens with zero attached hydrogens (tertiary/aromatic N) is 2. The maximum absolute atomic E-state index is 11.9. The minimum atomic E-state index is -0.125. The average Bonchev–Trinajstić information content (AvgIpc) is 2.46. The second-order valence-corrected chi connectivity index (χ2v) is 5.46. The zero-order chi connectivity index (χ0) is 14.3.